The van der Waals surface area contributed by atoms with Crippen molar-refractivity contribution >= 4 is 11.4 Å². The third kappa shape index (κ3) is 5.53. The van der Waals surface area contributed by atoms with Gasteiger partial charge in [-0.1, -0.05) is 23.8 Å². The number of nitrogens with zero attached hydrogens (tertiary/aromatic N) is 4. The minimum atomic E-state index is -4.90. The summed E-state index contributed by atoms with van der Waals surface area (Å²) in [4.78, 5) is 3.42. The minimum absolute atomic E-state index is 0.0706. The Morgan fingerprint density at radius 3 is 2.26 bits per heavy atom. The van der Waals surface area contributed by atoms with Gasteiger partial charge in [0.1, 0.15) is 6.54 Å². The van der Waals surface area contributed by atoms with Crippen molar-refractivity contribution in [1.82, 2.24) is 10.2 Å². The average Bonchev–Trinajstić information content (AvgIpc) is 3.14. The molecule has 0 aliphatic heterocycles. The lowest BCUT2D eigenvalue weighted by molar-refractivity contribution is -0.136. The first kappa shape index (κ1) is 22.1. The standard InChI is InChI=1S/C20H14F6N4O/c1-12-3-5-13(6-4-12)18-29-28-17(31-18)10-30(11-19(21,22)23)14-7-8-16(27-2)15(9-14)20(24,25)26/h3-9H,10-11H2,1H3. The van der Waals surface area contributed by atoms with E-state index in [2.05, 4.69) is 15.0 Å². The second kappa shape index (κ2) is 8.29. The van der Waals surface area contributed by atoms with Gasteiger partial charge in [0.15, 0.2) is 5.69 Å². The SMILES string of the molecule is [C-]#[N+]c1ccc(N(Cc2nnc(-c3ccc(C)cc3)o2)CC(F)(F)F)cc1C(F)(F)F. The number of rotatable bonds is 5. The van der Waals surface area contributed by atoms with Gasteiger partial charge in [-0.05, 0) is 31.2 Å². The highest BCUT2D eigenvalue weighted by molar-refractivity contribution is 5.62. The number of hydrogen-bond donors (Lipinski definition) is 0. The molecule has 31 heavy (non-hydrogen) atoms. The molecule has 5 nitrogen and oxygen atoms in total. The Kier molecular flexibility index (Phi) is 5.92. The lowest BCUT2D eigenvalue weighted by atomic mass is 10.1. The van der Waals surface area contributed by atoms with Crippen LogP contribution < -0.4 is 4.90 Å². The smallest absolute Gasteiger partial charge is 0.407 e. The van der Waals surface area contributed by atoms with Crippen LogP contribution in [0.4, 0.5) is 37.7 Å². The molecule has 1 heterocycles. The zero-order chi connectivity index (χ0) is 22.8. The van der Waals surface area contributed by atoms with Gasteiger partial charge in [-0.15, -0.1) is 10.2 Å². The summed E-state index contributed by atoms with van der Waals surface area (Å²) in [5.41, 5.74) is -0.886. The number of aryl methyl sites for hydroxylation is 1. The lowest BCUT2D eigenvalue weighted by Gasteiger charge is -2.25. The Balaban J connectivity index is 1.94. The Morgan fingerprint density at radius 1 is 1.00 bits per heavy atom. The van der Waals surface area contributed by atoms with Crippen LogP contribution in [0.2, 0.25) is 0 Å². The van der Waals surface area contributed by atoms with E-state index in [0.717, 1.165) is 17.7 Å². The van der Waals surface area contributed by atoms with Crippen LogP contribution in [0.15, 0.2) is 46.9 Å². The molecule has 0 aliphatic carbocycles. The largest absolute Gasteiger partial charge is 0.419 e. The second-order valence-corrected chi connectivity index (χ2v) is 6.65. The van der Waals surface area contributed by atoms with Crippen LogP contribution in [-0.4, -0.2) is 22.9 Å². The van der Waals surface area contributed by atoms with Gasteiger partial charge in [0.05, 0.1) is 18.7 Å². The molecular formula is C20H14F6N4O. The predicted octanol–water partition coefficient (Wildman–Crippen LogP) is 6.18. The molecular weight excluding hydrogens is 426 g/mol. The van der Waals surface area contributed by atoms with Crippen LogP contribution in [0.5, 0.6) is 0 Å². The van der Waals surface area contributed by atoms with Crippen molar-refractivity contribution in [3.05, 3.63) is 70.9 Å². The monoisotopic (exact) mass is 440 g/mol. The maximum Gasteiger partial charge on any atom is 0.407 e. The molecule has 0 aliphatic rings. The van der Waals surface area contributed by atoms with Crippen molar-refractivity contribution in [2.45, 2.75) is 25.8 Å². The molecule has 0 saturated carbocycles. The van der Waals surface area contributed by atoms with E-state index in [9.17, 15) is 26.3 Å². The number of halogens is 6. The maximum atomic E-state index is 13.2. The third-order valence-electron chi connectivity index (χ3n) is 4.23. The number of alkyl halides is 6. The second-order valence-electron chi connectivity index (χ2n) is 6.65. The highest BCUT2D eigenvalue weighted by Crippen LogP contribution is 2.39. The highest BCUT2D eigenvalue weighted by atomic mass is 19.4. The van der Waals surface area contributed by atoms with E-state index in [1.165, 1.54) is 0 Å². The zero-order valence-electron chi connectivity index (χ0n) is 15.9. The lowest BCUT2D eigenvalue weighted by Crippen LogP contribution is -2.34. The molecule has 3 aromatic rings. The van der Waals surface area contributed by atoms with Crippen molar-refractivity contribution < 1.29 is 30.8 Å². The molecule has 0 spiro atoms. The molecule has 0 saturated heterocycles. The fraction of sp³-hybridized carbons (Fsp3) is 0.250. The van der Waals surface area contributed by atoms with E-state index in [0.29, 0.717) is 16.5 Å². The van der Waals surface area contributed by atoms with E-state index >= 15 is 0 Å². The summed E-state index contributed by atoms with van der Waals surface area (Å²) in [7, 11) is 0. The van der Waals surface area contributed by atoms with Crippen molar-refractivity contribution in [3.8, 4) is 11.5 Å². The van der Waals surface area contributed by atoms with Crippen molar-refractivity contribution in [1.29, 1.82) is 0 Å². The van der Waals surface area contributed by atoms with Gasteiger partial charge in [-0.2, -0.15) is 26.3 Å². The minimum Gasteiger partial charge on any atom is -0.419 e. The quantitative estimate of drug-likeness (QED) is 0.351. The maximum absolute atomic E-state index is 13.2. The van der Waals surface area contributed by atoms with Gasteiger partial charge in [0.2, 0.25) is 11.8 Å². The molecule has 1 aromatic heterocycles. The number of hydrogen-bond acceptors (Lipinski definition) is 4. The Hall–Kier alpha value is -3.55. The number of benzene rings is 2. The van der Waals surface area contributed by atoms with Crippen LogP contribution >= 0.6 is 0 Å². The van der Waals surface area contributed by atoms with Gasteiger partial charge in [-0.25, -0.2) is 4.85 Å². The first-order valence-electron chi connectivity index (χ1n) is 8.76. The molecule has 162 valence electrons. The van der Waals surface area contributed by atoms with Crippen molar-refractivity contribution in [2.24, 2.45) is 0 Å². The van der Waals surface area contributed by atoms with E-state index in [4.69, 9.17) is 11.0 Å². The van der Waals surface area contributed by atoms with E-state index in [1.807, 2.05) is 6.92 Å². The van der Waals surface area contributed by atoms with Gasteiger partial charge >= 0.3 is 12.4 Å². The molecule has 0 bridgehead atoms. The molecule has 0 fully saturated rings. The van der Waals surface area contributed by atoms with Crippen LogP contribution in [0, 0.1) is 13.5 Å². The van der Waals surface area contributed by atoms with Crippen LogP contribution in [0.1, 0.15) is 17.0 Å². The summed E-state index contributed by atoms with van der Waals surface area (Å²) in [5, 5.41) is 7.52. The number of aromatic nitrogens is 2. The van der Waals surface area contributed by atoms with Crippen LogP contribution in [0.25, 0.3) is 16.3 Å². The van der Waals surface area contributed by atoms with E-state index in [1.54, 1.807) is 24.3 Å². The van der Waals surface area contributed by atoms with E-state index < -0.39 is 36.7 Å². The highest BCUT2D eigenvalue weighted by Gasteiger charge is 2.36. The Morgan fingerprint density at radius 2 is 1.68 bits per heavy atom. The normalized spacial score (nSPS) is 11.9. The van der Waals surface area contributed by atoms with Gasteiger partial charge < -0.3 is 9.32 Å². The Bertz CT molecular complexity index is 1100. The fourth-order valence-electron chi connectivity index (χ4n) is 2.79. The molecule has 0 N–H and O–H groups in total. The summed E-state index contributed by atoms with van der Waals surface area (Å²) < 4.78 is 84.4. The molecule has 0 unspecified atom stereocenters. The average molecular weight is 440 g/mol. The van der Waals surface area contributed by atoms with Crippen LogP contribution in [0.3, 0.4) is 0 Å². The first-order chi connectivity index (χ1) is 14.5. The molecule has 0 radical (unpaired) electrons. The summed E-state index contributed by atoms with van der Waals surface area (Å²) in [6.45, 7) is 6.60. The first-order valence-corrected chi connectivity index (χ1v) is 8.76. The van der Waals surface area contributed by atoms with Gasteiger partial charge in [0, 0.05) is 11.3 Å². The number of anilines is 1. The van der Waals surface area contributed by atoms with Crippen molar-refractivity contribution in [3.63, 3.8) is 0 Å². The Labute approximate surface area is 172 Å². The molecule has 11 heteroatoms. The third-order valence-corrected chi connectivity index (χ3v) is 4.23. The molecule has 0 atom stereocenters. The summed E-state index contributed by atoms with van der Waals surface area (Å²) in [5.74, 6) is -0.135. The summed E-state index contributed by atoms with van der Waals surface area (Å²) in [6, 6.07) is 9.32. The zero-order valence-corrected chi connectivity index (χ0v) is 15.9. The fourth-order valence-corrected chi connectivity index (χ4v) is 2.79. The van der Waals surface area contributed by atoms with E-state index in [-0.39, 0.29) is 17.5 Å². The van der Waals surface area contributed by atoms with Crippen molar-refractivity contribution in [2.75, 3.05) is 11.4 Å². The summed E-state index contributed by atoms with van der Waals surface area (Å²) >= 11 is 0. The van der Waals surface area contributed by atoms with Crippen LogP contribution in [-0.2, 0) is 12.7 Å². The van der Waals surface area contributed by atoms with Gasteiger partial charge in [0.25, 0.3) is 0 Å². The molecule has 0 amide bonds. The predicted molar refractivity (Wildman–Crippen MR) is 99.3 cm³/mol. The molecule has 3 rings (SSSR count). The topological polar surface area (TPSA) is 46.5 Å². The summed E-state index contributed by atoms with van der Waals surface area (Å²) in [6.07, 6.45) is -9.61. The van der Waals surface area contributed by atoms with Gasteiger partial charge in [-0.3, -0.25) is 0 Å². The molecule has 2 aromatic carbocycles.